The summed E-state index contributed by atoms with van der Waals surface area (Å²) in [5.41, 5.74) is 0.858. The summed E-state index contributed by atoms with van der Waals surface area (Å²) in [6.07, 6.45) is -1.24. The summed E-state index contributed by atoms with van der Waals surface area (Å²) in [5, 5.41) is 35.5. The largest absolute Gasteiger partial charge is 0.481 e. The van der Waals surface area contributed by atoms with Crippen molar-refractivity contribution in [2.24, 2.45) is 0 Å². The minimum Gasteiger partial charge on any atom is -0.481 e. The molecule has 1 heterocycles. The van der Waals surface area contributed by atoms with E-state index in [9.17, 15) is 39.0 Å². The van der Waals surface area contributed by atoms with Crippen LogP contribution >= 0.6 is 0 Å². The van der Waals surface area contributed by atoms with E-state index in [1.54, 1.807) is 7.05 Å². The Morgan fingerprint density at radius 3 is 2.22 bits per heavy atom. The second-order valence-electron chi connectivity index (χ2n) is 9.80. The van der Waals surface area contributed by atoms with Crippen LogP contribution in [0.2, 0.25) is 0 Å². The van der Waals surface area contributed by atoms with Crippen LogP contribution < -0.4 is 16.0 Å². The van der Waals surface area contributed by atoms with E-state index in [1.165, 1.54) is 12.0 Å². The topological polar surface area (TPSA) is 212 Å². The zero-order chi connectivity index (χ0) is 30.5. The van der Waals surface area contributed by atoms with Gasteiger partial charge >= 0.3 is 17.9 Å². The Morgan fingerprint density at radius 1 is 0.976 bits per heavy atom. The van der Waals surface area contributed by atoms with Gasteiger partial charge in [-0.25, -0.2) is 4.79 Å². The molecule has 0 saturated carbocycles. The van der Waals surface area contributed by atoms with Crippen molar-refractivity contribution in [1.29, 1.82) is 0 Å². The van der Waals surface area contributed by atoms with E-state index >= 15 is 0 Å². The van der Waals surface area contributed by atoms with Gasteiger partial charge in [0.05, 0.1) is 24.6 Å². The molecule has 14 nitrogen and oxygen atoms in total. The summed E-state index contributed by atoms with van der Waals surface area (Å²) >= 11 is 0. The smallest absolute Gasteiger partial charge is 0.326 e. The van der Waals surface area contributed by atoms with Gasteiger partial charge in [0, 0.05) is 26.5 Å². The molecule has 5 atom stereocenters. The third-order valence-corrected chi connectivity index (χ3v) is 6.92. The highest BCUT2D eigenvalue weighted by atomic mass is 16.5. The predicted molar refractivity (Wildman–Crippen MR) is 144 cm³/mol. The number of hydrogen-bond acceptors (Lipinski definition) is 8. The van der Waals surface area contributed by atoms with Crippen LogP contribution in [-0.2, 0) is 39.9 Å². The molecule has 14 heteroatoms. The summed E-state index contributed by atoms with van der Waals surface area (Å²) in [5.74, 6) is -5.97. The van der Waals surface area contributed by atoms with Gasteiger partial charge < -0.3 is 40.9 Å². The van der Waals surface area contributed by atoms with Crippen molar-refractivity contribution in [2.45, 2.75) is 75.2 Å². The van der Waals surface area contributed by atoms with Crippen LogP contribution in [0.1, 0.15) is 44.1 Å². The van der Waals surface area contributed by atoms with Crippen molar-refractivity contribution in [3.8, 4) is 0 Å². The standard InChI is InChI=1S/C27H38N4O10/c1-28-18(13-16-7-4-3-5-8-16)25(37)30-19(14-24(35)36)26(38)31-12-6-9-21(41-2)20(31)15-22(32)29-17(27(39)40)10-11-23(33)34/h3-5,7-8,17-21,28H,6,9-15H2,1-2H3,(H,29,32)(H,30,37)(H,33,34)(H,35,36)(H,39,40)/t17-,18-,19-,20+,21+/m0/s1. The summed E-state index contributed by atoms with van der Waals surface area (Å²) in [4.78, 5) is 75.0. The fraction of sp³-hybridized carbons (Fsp3) is 0.556. The molecule has 6 N–H and O–H groups in total. The number of hydrogen-bond donors (Lipinski definition) is 6. The van der Waals surface area contributed by atoms with Gasteiger partial charge in [-0.15, -0.1) is 0 Å². The number of nitrogens with one attached hydrogen (secondary N) is 3. The first-order valence-corrected chi connectivity index (χ1v) is 13.3. The second-order valence-corrected chi connectivity index (χ2v) is 9.80. The molecule has 1 aromatic carbocycles. The molecule has 41 heavy (non-hydrogen) atoms. The highest BCUT2D eigenvalue weighted by molar-refractivity contribution is 5.93. The van der Waals surface area contributed by atoms with Gasteiger partial charge in [-0.3, -0.25) is 24.0 Å². The fourth-order valence-electron chi connectivity index (χ4n) is 4.80. The lowest BCUT2D eigenvalue weighted by Crippen LogP contribution is -2.60. The fourth-order valence-corrected chi connectivity index (χ4v) is 4.80. The molecular weight excluding hydrogens is 540 g/mol. The molecule has 1 saturated heterocycles. The van der Waals surface area contributed by atoms with Gasteiger partial charge in [0.15, 0.2) is 0 Å². The number of methoxy groups -OCH3 is 1. The van der Waals surface area contributed by atoms with Gasteiger partial charge in [-0.05, 0) is 38.3 Å². The number of rotatable bonds is 16. The van der Waals surface area contributed by atoms with E-state index in [-0.39, 0.29) is 19.4 Å². The molecule has 1 aliphatic heterocycles. The zero-order valence-electron chi connectivity index (χ0n) is 23.1. The molecule has 0 radical (unpaired) electrons. The van der Waals surface area contributed by atoms with E-state index in [1.807, 2.05) is 30.3 Å². The molecule has 3 amide bonds. The number of carboxylic acids is 3. The maximum absolute atomic E-state index is 13.7. The van der Waals surface area contributed by atoms with Crippen LogP contribution in [0.15, 0.2) is 30.3 Å². The first-order valence-electron chi connectivity index (χ1n) is 13.3. The van der Waals surface area contributed by atoms with Crippen LogP contribution in [-0.4, -0.2) is 107 Å². The Kier molecular flexibility index (Phi) is 13.2. The number of nitrogens with zero attached hydrogens (tertiary/aromatic N) is 1. The molecule has 0 aromatic heterocycles. The summed E-state index contributed by atoms with van der Waals surface area (Å²) in [6.45, 7) is 0.156. The average molecular weight is 579 g/mol. The Morgan fingerprint density at radius 2 is 1.66 bits per heavy atom. The Labute approximate surface area is 237 Å². The van der Waals surface area contributed by atoms with Crippen LogP contribution in [0.25, 0.3) is 0 Å². The molecule has 2 rings (SSSR count). The van der Waals surface area contributed by atoms with Gasteiger partial charge in [0.25, 0.3) is 0 Å². The maximum Gasteiger partial charge on any atom is 0.326 e. The SMILES string of the molecule is CN[C@@H](Cc1ccccc1)C(=O)N[C@@H](CC(=O)O)C(=O)N1CCC[C@@H](OC)[C@H]1CC(=O)N[C@@H](CCC(=O)O)C(=O)O. The Bertz CT molecular complexity index is 1080. The van der Waals surface area contributed by atoms with Crippen molar-refractivity contribution < 1.29 is 48.8 Å². The summed E-state index contributed by atoms with van der Waals surface area (Å²) < 4.78 is 5.50. The van der Waals surface area contributed by atoms with Crippen molar-refractivity contribution >= 4 is 35.6 Å². The molecule has 0 bridgehead atoms. The third-order valence-electron chi connectivity index (χ3n) is 6.92. The average Bonchev–Trinajstić information content (AvgIpc) is 2.93. The van der Waals surface area contributed by atoms with E-state index in [2.05, 4.69) is 16.0 Å². The minimum absolute atomic E-state index is 0.156. The number of ether oxygens (including phenoxy) is 1. The first-order chi connectivity index (χ1) is 19.5. The molecule has 0 spiro atoms. The van der Waals surface area contributed by atoms with E-state index in [0.717, 1.165) is 5.56 Å². The van der Waals surface area contributed by atoms with E-state index < -0.39 is 78.7 Å². The zero-order valence-corrected chi connectivity index (χ0v) is 23.1. The third kappa shape index (κ3) is 10.5. The van der Waals surface area contributed by atoms with E-state index in [4.69, 9.17) is 9.84 Å². The van der Waals surface area contributed by atoms with Gasteiger partial charge in [0.2, 0.25) is 17.7 Å². The van der Waals surface area contributed by atoms with Crippen molar-refractivity contribution in [1.82, 2.24) is 20.9 Å². The van der Waals surface area contributed by atoms with Crippen molar-refractivity contribution in [3.63, 3.8) is 0 Å². The number of piperidine rings is 1. The molecule has 1 fully saturated rings. The number of likely N-dealkylation sites (tertiary alicyclic amines) is 1. The number of likely N-dealkylation sites (N-methyl/N-ethyl adjacent to an activating group) is 1. The molecule has 226 valence electrons. The molecule has 0 unspecified atom stereocenters. The summed E-state index contributed by atoms with van der Waals surface area (Å²) in [6, 6.07) is 4.62. The Balaban J connectivity index is 2.22. The van der Waals surface area contributed by atoms with Crippen LogP contribution in [0, 0.1) is 0 Å². The van der Waals surface area contributed by atoms with Crippen LogP contribution in [0.5, 0.6) is 0 Å². The number of carbonyl (C=O) groups excluding carboxylic acids is 3. The lowest BCUT2D eigenvalue weighted by molar-refractivity contribution is -0.150. The predicted octanol–water partition coefficient (Wildman–Crippen LogP) is -0.393. The number of amides is 3. The number of benzene rings is 1. The Hall–Kier alpha value is -4.04. The van der Waals surface area contributed by atoms with Gasteiger partial charge in [-0.2, -0.15) is 0 Å². The molecule has 0 aliphatic carbocycles. The van der Waals surface area contributed by atoms with Crippen LogP contribution in [0.4, 0.5) is 0 Å². The highest BCUT2D eigenvalue weighted by Gasteiger charge is 2.40. The number of carbonyl (C=O) groups is 6. The molecular formula is C27H38N4O10. The normalized spacial score (nSPS) is 18.9. The lowest BCUT2D eigenvalue weighted by Gasteiger charge is -2.42. The quantitative estimate of drug-likeness (QED) is 0.149. The lowest BCUT2D eigenvalue weighted by atomic mass is 9.94. The molecule has 1 aromatic rings. The van der Waals surface area contributed by atoms with E-state index in [0.29, 0.717) is 19.3 Å². The van der Waals surface area contributed by atoms with Crippen molar-refractivity contribution in [3.05, 3.63) is 35.9 Å². The van der Waals surface area contributed by atoms with Gasteiger partial charge in [0.1, 0.15) is 12.1 Å². The second kappa shape index (κ2) is 16.3. The molecule has 1 aliphatic rings. The first kappa shape index (κ1) is 33.2. The van der Waals surface area contributed by atoms with Crippen molar-refractivity contribution in [2.75, 3.05) is 20.7 Å². The monoisotopic (exact) mass is 578 g/mol. The highest BCUT2D eigenvalue weighted by Crippen LogP contribution is 2.24. The van der Waals surface area contributed by atoms with Gasteiger partial charge in [-0.1, -0.05) is 30.3 Å². The number of aliphatic carboxylic acids is 3. The maximum atomic E-state index is 13.7. The minimum atomic E-state index is -1.45. The summed E-state index contributed by atoms with van der Waals surface area (Å²) in [7, 11) is 2.97. The number of carboxylic acid groups (broad SMARTS) is 3. The van der Waals surface area contributed by atoms with Crippen LogP contribution in [0.3, 0.4) is 0 Å².